The molecule has 0 fully saturated rings. The number of hydrogen-bond acceptors (Lipinski definition) is 3. The van der Waals surface area contributed by atoms with E-state index in [1.165, 1.54) is 0 Å². The van der Waals surface area contributed by atoms with Crippen LogP contribution in [0, 0.1) is 0 Å². The molecule has 0 aliphatic rings. The minimum Gasteiger partial charge on any atom is -0.355 e. The Morgan fingerprint density at radius 2 is 2.25 bits per heavy atom. The molecule has 0 aliphatic heterocycles. The molecule has 0 rings (SSSR count). The summed E-state index contributed by atoms with van der Waals surface area (Å²) in [5.74, 6) is 0.0505. The van der Waals surface area contributed by atoms with Crippen molar-refractivity contribution in [2.24, 2.45) is 5.73 Å². The van der Waals surface area contributed by atoms with E-state index in [-0.39, 0.29) is 11.9 Å². The lowest BCUT2D eigenvalue weighted by molar-refractivity contribution is -0.122. The van der Waals surface area contributed by atoms with Crippen molar-refractivity contribution in [3.8, 4) is 0 Å². The van der Waals surface area contributed by atoms with E-state index in [4.69, 9.17) is 5.73 Å². The summed E-state index contributed by atoms with van der Waals surface area (Å²) < 4.78 is 0. The number of nitrogens with one attached hydrogen (secondary N) is 2. The van der Waals surface area contributed by atoms with Gasteiger partial charge in [-0.1, -0.05) is 0 Å². The van der Waals surface area contributed by atoms with Gasteiger partial charge in [0.25, 0.3) is 0 Å². The lowest BCUT2D eigenvalue weighted by Gasteiger charge is -2.12. The van der Waals surface area contributed by atoms with Gasteiger partial charge in [-0.3, -0.25) is 4.79 Å². The molecule has 4 nitrogen and oxygen atoms in total. The zero-order chi connectivity index (χ0) is 9.40. The van der Waals surface area contributed by atoms with Gasteiger partial charge in [0.05, 0.1) is 6.04 Å². The molecule has 1 unspecified atom stereocenters. The Morgan fingerprint density at radius 1 is 1.58 bits per heavy atom. The summed E-state index contributed by atoms with van der Waals surface area (Å²) in [4.78, 5) is 11.1. The summed E-state index contributed by atoms with van der Waals surface area (Å²) in [6, 6.07) is -0.114. The highest BCUT2D eigenvalue weighted by molar-refractivity contribution is 5.81. The van der Waals surface area contributed by atoms with Gasteiger partial charge in [-0.15, -0.1) is 0 Å². The molecular weight excluding hydrogens is 154 g/mol. The fourth-order valence-corrected chi connectivity index (χ4v) is 0.841. The smallest absolute Gasteiger partial charge is 0.236 e. The number of amides is 1. The van der Waals surface area contributed by atoms with Gasteiger partial charge in [-0.2, -0.15) is 0 Å². The molecule has 0 aromatic rings. The second kappa shape index (κ2) is 7.06. The van der Waals surface area contributed by atoms with Crippen molar-refractivity contribution in [3.63, 3.8) is 0 Å². The molecule has 0 saturated carbocycles. The second-order valence-corrected chi connectivity index (χ2v) is 2.71. The Kier molecular flexibility index (Phi) is 6.70. The predicted molar refractivity (Wildman–Crippen MR) is 49.8 cm³/mol. The molecule has 0 aliphatic carbocycles. The van der Waals surface area contributed by atoms with Crippen LogP contribution < -0.4 is 16.4 Å². The Hall–Kier alpha value is -0.610. The highest BCUT2D eigenvalue weighted by Crippen LogP contribution is 1.82. The molecule has 1 atom stereocenters. The van der Waals surface area contributed by atoms with Crippen LogP contribution in [0.3, 0.4) is 0 Å². The fraction of sp³-hybridized carbons (Fsp3) is 0.875. The molecule has 0 aromatic heterocycles. The van der Waals surface area contributed by atoms with Crippen LogP contribution in [-0.2, 0) is 4.79 Å². The third-order valence-corrected chi connectivity index (χ3v) is 1.58. The van der Waals surface area contributed by atoms with Gasteiger partial charge in [-0.05, 0) is 33.4 Å². The van der Waals surface area contributed by atoms with E-state index in [9.17, 15) is 4.79 Å². The van der Waals surface area contributed by atoms with E-state index in [2.05, 4.69) is 10.6 Å². The van der Waals surface area contributed by atoms with Crippen LogP contribution in [0.4, 0.5) is 0 Å². The highest BCUT2D eigenvalue weighted by atomic mass is 16.2. The Labute approximate surface area is 73.9 Å². The topological polar surface area (TPSA) is 67.2 Å². The molecule has 1 amide bonds. The lowest BCUT2D eigenvalue weighted by atomic mass is 10.3. The predicted octanol–water partition coefficient (Wildman–Crippen LogP) is -0.551. The molecule has 0 bridgehead atoms. The fourth-order valence-electron chi connectivity index (χ4n) is 0.841. The molecule has 0 aromatic carbocycles. The van der Waals surface area contributed by atoms with Gasteiger partial charge >= 0.3 is 0 Å². The number of rotatable bonds is 6. The van der Waals surface area contributed by atoms with E-state index in [1.807, 2.05) is 13.8 Å². The summed E-state index contributed by atoms with van der Waals surface area (Å²) in [6.45, 7) is 5.90. The van der Waals surface area contributed by atoms with Crippen molar-refractivity contribution in [3.05, 3.63) is 0 Å². The zero-order valence-electron chi connectivity index (χ0n) is 7.89. The molecule has 4 N–H and O–H groups in total. The summed E-state index contributed by atoms with van der Waals surface area (Å²) in [5, 5.41) is 5.82. The standard InChI is InChI=1S/C8H19N3O/c1-3-10-8(12)7(2)11-6-4-5-9/h7,11H,3-6,9H2,1-2H3,(H,10,12). The molecule has 4 heteroatoms. The average Bonchev–Trinajstić information content (AvgIpc) is 2.05. The van der Waals surface area contributed by atoms with Gasteiger partial charge in [0, 0.05) is 6.54 Å². The maximum Gasteiger partial charge on any atom is 0.236 e. The van der Waals surface area contributed by atoms with Crippen molar-refractivity contribution in [2.75, 3.05) is 19.6 Å². The first kappa shape index (κ1) is 11.4. The summed E-state index contributed by atoms with van der Waals surface area (Å²) in [6.07, 6.45) is 0.906. The Morgan fingerprint density at radius 3 is 2.75 bits per heavy atom. The normalized spacial score (nSPS) is 12.6. The zero-order valence-corrected chi connectivity index (χ0v) is 7.89. The van der Waals surface area contributed by atoms with Crippen LogP contribution in [0.1, 0.15) is 20.3 Å². The molecule has 0 heterocycles. The largest absolute Gasteiger partial charge is 0.355 e. The summed E-state index contributed by atoms with van der Waals surface area (Å²) in [7, 11) is 0. The van der Waals surface area contributed by atoms with E-state index >= 15 is 0 Å². The SMILES string of the molecule is CCNC(=O)C(C)NCCCN. The van der Waals surface area contributed by atoms with Crippen molar-refractivity contribution >= 4 is 5.91 Å². The van der Waals surface area contributed by atoms with Crippen molar-refractivity contribution in [1.82, 2.24) is 10.6 Å². The van der Waals surface area contributed by atoms with Gasteiger partial charge in [0.1, 0.15) is 0 Å². The van der Waals surface area contributed by atoms with Crippen molar-refractivity contribution < 1.29 is 4.79 Å². The summed E-state index contributed by atoms with van der Waals surface area (Å²) in [5.41, 5.74) is 5.31. The molecule has 72 valence electrons. The Balaban J connectivity index is 3.42. The quantitative estimate of drug-likeness (QED) is 0.472. The monoisotopic (exact) mass is 173 g/mol. The molecule has 0 saturated heterocycles. The van der Waals surface area contributed by atoms with Crippen LogP contribution in [0.5, 0.6) is 0 Å². The number of hydrogen-bond donors (Lipinski definition) is 3. The van der Waals surface area contributed by atoms with Gasteiger partial charge < -0.3 is 16.4 Å². The Bertz CT molecular complexity index is 127. The number of carbonyl (C=O) groups excluding carboxylic acids is 1. The maximum absolute atomic E-state index is 11.1. The highest BCUT2D eigenvalue weighted by Gasteiger charge is 2.08. The van der Waals surface area contributed by atoms with E-state index in [1.54, 1.807) is 0 Å². The van der Waals surface area contributed by atoms with Gasteiger partial charge in [0.2, 0.25) is 5.91 Å². The van der Waals surface area contributed by atoms with E-state index < -0.39 is 0 Å². The summed E-state index contributed by atoms with van der Waals surface area (Å²) >= 11 is 0. The number of likely N-dealkylation sites (N-methyl/N-ethyl adjacent to an activating group) is 1. The molecular formula is C8H19N3O. The third kappa shape index (κ3) is 5.09. The number of carbonyl (C=O) groups is 1. The molecule has 0 radical (unpaired) electrons. The first-order valence-electron chi connectivity index (χ1n) is 4.43. The van der Waals surface area contributed by atoms with Gasteiger partial charge in [0.15, 0.2) is 0 Å². The van der Waals surface area contributed by atoms with Crippen molar-refractivity contribution in [1.29, 1.82) is 0 Å². The molecule has 0 spiro atoms. The van der Waals surface area contributed by atoms with E-state index in [0.717, 1.165) is 13.0 Å². The van der Waals surface area contributed by atoms with Crippen LogP contribution in [0.25, 0.3) is 0 Å². The lowest BCUT2D eigenvalue weighted by Crippen LogP contribution is -2.42. The number of nitrogens with two attached hydrogens (primary N) is 1. The van der Waals surface area contributed by atoms with Crippen LogP contribution in [0.2, 0.25) is 0 Å². The minimum absolute atomic E-state index is 0.0505. The van der Waals surface area contributed by atoms with Crippen molar-refractivity contribution in [2.45, 2.75) is 26.3 Å². The van der Waals surface area contributed by atoms with Crippen LogP contribution in [0.15, 0.2) is 0 Å². The second-order valence-electron chi connectivity index (χ2n) is 2.71. The first-order valence-corrected chi connectivity index (χ1v) is 4.43. The van der Waals surface area contributed by atoms with Gasteiger partial charge in [-0.25, -0.2) is 0 Å². The van der Waals surface area contributed by atoms with Crippen LogP contribution >= 0.6 is 0 Å². The molecule has 12 heavy (non-hydrogen) atoms. The minimum atomic E-state index is -0.114. The maximum atomic E-state index is 11.1. The van der Waals surface area contributed by atoms with E-state index in [0.29, 0.717) is 13.1 Å². The van der Waals surface area contributed by atoms with Crippen LogP contribution in [-0.4, -0.2) is 31.6 Å². The average molecular weight is 173 g/mol. The third-order valence-electron chi connectivity index (χ3n) is 1.58. The first-order chi connectivity index (χ1) is 5.72.